The lowest BCUT2D eigenvalue weighted by molar-refractivity contribution is -0.131. The Morgan fingerprint density at radius 3 is 2.21 bits per heavy atom. The summed E-state index contributed by atoms with van der Waals surface area (Å²) in [6.07, 6.45) is 3.15. The molecule has 2 heteroatoms. The largest absolute Gasteiger partial charge is 0.356 e. The molecule has 0 heterocycles. The molecule has 0 atom stereocenters. The number of hydrogen-bond donors (Lipinski definition) is 1. The quantitative estimate of drug-likeness (QED) is 0.744. The van der Waals surface area contributed by atoms with Gasteiger partial charge in [-0.25, -0.2) is 0 Å². The van der Waals surface area contributed by atoms with Crippen molar-refractivity contribution in [2.24, 2.45) is 11.3 Å². The fourth-order valence-corrected chi connectivity index (χ4v) is 1.85. The molecule has 0 radical (unpaired) electrons. The molecule has 1 aliphatic rings. The predicted molar refractivity (Wildman–Crippen MR) is 61.2 cm³/mol. The minimum absolute atomic E-state index is 0.260. The van der Waals surface area contributed by atoms with Crippen LogP contribution in [0.3, 0.4) is 0 Å². The summed E-state index contributed by atoms with van der Waals surface area (Å²) in [6, 6.07) is 0. The first kappa shape index (κ1) is 13.5. The topological polar surface area (TPSA) is 29.1 Å². The number of carbonyl (C=O) groups is 1. The second-order valence-electron chi connectivity index (χ2n) is 4.56. The molecule has 2 nitrogen and oxygen atoms in total. The van der Waals surface area contributed by atoms with E-state index in [9.17, 15) is 4.79 Å². The molecule has 0 unspecified atom stereocenters. The second kappa shape index (κ2) is 6.05. The third-order valence-electron chi connectivity index (χ3n) is 2.52. The molecule has 1 N–H and O–H groups in total. The predicted octanol–water partition coefficient (Wildman–Crippen LogP) is 2.98. The van der Waals surface area contributed by atoms with E-state index in [0.29, 0.717) is 11.3 Å². The van der Waals surface area contributed by atoms with Crippen molar-refractivity contribution >= 4 is 5.91 Å². The Balaban J connectivity index is 0.000000791. The molecule has 0 saturated heterocycles. The van der Waals surface area contributed by atoms with E-state index in [1.165, 1.54) is 0 Å². The smallest absolute Gasteiger partial charge is 0.223 e. The summed E-state index contributed by atoms with van der Waals surface area (Å²) < 4.78 is 0. The van der Waals surface area contributed by atoms with E-state index in [-0.39, 0.29) is 5.91 Å². The van der Waals surface area contributed by atoms with Crippen LogP contribution in [0.4, 0.5) is 0 Å². The highest BCUT2D eigenvalue weighted by Gasteiger charge is 2.39. The maximum absolute atomic E-state index is 11.4. The van der Waals surface area contributed by atoms with Gasteiger partial charge in [-0.2, -0.15) is 0 Å². The van der Waals surface area contributed by atoms with Crippen molar-refractivity contribution in [3.63, 3.8) is 0 Å². The monoisotopic (exact) mass is 199 g/mol. The van der Waals surface area contributed by atoms with Crippen LogP contribution in [-0.4, -0.2) is 12.5 Å². The van der Waals surface area contributed by atoms with Gasteiger partial charge in [0.25, 0.3) is 0 Å². The first-order chi connectivity index (χ1) is 6.55. The molecule has 0 aromatic carbocycles. The van der Waals surface area contributed by atoms with E-state index in [0.717, 1.165) is 25.8 Å². The van der Waals surface area contributed by atoms with Crippen LogP contribution in [0.25, 0.3) is 0 Å². The van der Waals surface area contributed by atoms with Crippen LogP contribution in [0.1, 0.15) is 53.9 Å². The number of hydrogen-bond acceptors (Lipinski definition) is 1. The molecule has 0 bridgehead atoms. The zero-order chi connectivity index (χ0) is 11.2. The molecule has 1 amide bonds. The number of rotatable bonds is 3. The van der Waals surface area contributed by atoms with Gasteiger partial charge in [-0.15, -0.1) is 0 Å². The second-order valence-corrected chi connectivity index (χ2v) is 4.56. The van der Waals surface area contributed by atoms with E-state index in [1.807, 2.05) is 13.8 Å². The van der Waals surface area contributed by atoms with Gasteiger partial charge in [0, 0.05) is 12.5 Å². The summed E-state index contributed by atoms with van der Waals surface area (Å²) in [6.45, 7) is 11.3. The van der Waals surface area contributed by atoms with Crippen molar-refractivity contribution in [1.82, 2.24) is 5.32 Å². The first-order valence-corrected chi connectivity index (χ1v) is 5.83. The highest BCUT2D eigenvalue weighted by molar-refractivity contribution is 5.79. The van der Waals surface area contributed by atoms with Crippen LogP contribution in [0, 0.1) is 11.3 Å². The van der Waals surface area contributed by atoms with Crippen molar-refractivity contribution in [2.45, 2.75) is 53.9 Å². The molecule has 1 rings (SSSR count). The van der Waals surface area contributed by atoms with Crippen LogP contribution in [0.2, 0.25) is 0 Å². The zero-order valence-corrected chi connectivity index (χ0v) is 10.3. The van der Waals surface area contributed by atoms with Gasteiger partial charge >= 0.3 is 0 Å². The third kappa shape index (κ3) is 4.12. The molecule has 84 valence electrons. The molecule has 0 spiro atoms. The van der Waals surface area contributed by atoms with Gasteiger partial charge in [-0.1, -0.05) is 34.6 Å². The van der Waals surface area contributed by atoms with Crippen molar-refractivity contribution in [1.29, 1.82) is 0 Å². The number of amides is 1. The lowest BCUT2D eigenvalue weighted by atomic mass is 9.64. The van der Waals surface area contributed by atoms with Gasteiger partial charge in [0.1, 0.15) is 0 Å². The summed E-state index contributed by atoms with van der Waals surface area (Å²) in [5.41, 5.74) is 0.411. The van der Waals surface area contributed by atoms with Crippen LogP contribution in [0.5, 0.6) is 0 Å². The Bertz CT molecular complexity index is 167. The van der Waals surface area contributed by atoms with E-state index in [4.69, 9.17) is 0 Å². The maximum Gasteiger partial charge on any atom is 0.223 e. The lowest BCUT2D eigenvalue weighted by Gasteiger charge is -2.41. The van der Waals surface area contributed by atoms with Crippen LogP contribution >= 0.6 is 0 Å². The molecule has 14 heavy (non-hydrogen) atoms. The van der Waals surface area contributed by atoms with E-state index >= 15 is 0 Å². The van der Waals surface area contributed by atoms with Crippen molar-refractivity contribution < 1.29 is 4.79 Å². The van der Waals surface area contributed by atoms with E-state index in [2.05, 4.69) is 26.1 Å². The van der Waals surface area contributed by atoms with Gasteiger partial charge in [-0.05, 0) is 24.7 Å². The third-order valence-corrected chi connectivity index (χ3v) is 2.52. The average Bonchev–Trinajstić information content (AvgIpc) is 2.13. The molecule has 1 fully saturated rings. The molecule has 0 aromatic heterocycles. The minimum Gasteiger partial charge on any atom is -0.356 e. The highest BCUT2D eigenvalue weighted by atomic mass is 16.1. The van der Waals surface area contributed by atoms with E-state index < -0.39 is 0 Å². The van der Waals surface area contributed by atoms with Crippen molar-refractivity contribution in [2.75, 3.05) is 6.54 Å². The lowest BCUT2D eigenvalue weighted by Crippen LogP contribution is -2.42. The molecule has 1 saturated carbocycles. The Labute approximate surface area is 88.5 Å². The van der Waals surface area contributed by atoms with Gasteiger partial charge < -0.3 is 5.32 Å². The first-order valence-electron chi connectivity index (χ1n) is 5.83. The number of carbonyl (C=O) groups excluding carboxylic acids is 1. The SMILES string of the molecule is CC.CCCNC(=O)C1CC(C)(C)C1. The molecule has 1 aliphatic carbocycles. The summed E-state index contributed by atoms with van der Waals surface area (Å²) in [7, 11) is 0. The Hall–Kier alpha value is -0.530. The van der Waals surface area contributed by atoms with Crippen molar-refractivity contribution in [3.8, 4) is 0 Å². The maximum atomic E-state index is 11.4. The van der Waals surface area contributed by atoms with Crippen LogP contribution in [-0.2, 0) is 4.79 Å². The van der Waals surface area contributed by atoms with Crippen LogP contribution < -0.4 is 5.32 Å². The summed E-state index contributed by atoms with van der Waals surface area (Å²) in [4.78, 5) is 11.4. The molecule has 0 aliphatic heterocycles. The Morgan fingerprint density at radius 2 is 1.86 bits per heavy atom. The summed E-state index contributed by atoms with van der Waals surface area (Å²) in [5, 5.41) is 2.93. The van der Waals surface area contributed by atoms with Gasteiger partial charge in [-0.3, -0.25) is 4.79 Å². The summed E-state index contributed by atoms with van der Waals surface area (Å²) >= 11 is 0. The molecular weight excluding hydrogens is 174 g/mol. The minimum atomic E-state index is 0.260. The average molecular weight is 199 g/mol. The molecule has 0 aromatic rings. The fourth-order valence-electron chi connectivity index (χ4n) is 1.85. The zero-order valence-electron chi connectivity index (χ0n) is 10.3. The Kier molecular flexibility index (Phi) is 5.82. The van der Waals surface area contributed by atoms with E-state index in [1.54, 1.807) is 0 Å². The standard InChI is InChI=1S/C10H19NO.C2H6/c1-4-5-11-9(12)8-6-10(2,3)7-8;1-2/h8H,4-7H2,1-3H3,(H,11,12);1-2H3. The highest BCUT2D eigenvalue weighted by Crippen LogP contribution is 2.44. The van der Waals surface area contributed by atoms with Crippen molar-refractivity contribution in [3.05, 3.63) is 0 Å². The van der Waals surface area contributed by atoms with Crippen LogP contribution in [0.15, 0.2) is 0 Å². The Morgan fingerprint density at radius 1 is 1.36 bits per heavy atom. The van der Waals surface area contributed by atoms with Gasteiger partial charge in [0.2, 0.25) is 5.91 Å². The number of nitrogens with one attached hydrogen (secondary N) is 1. The normalized spacial score (nSPS) is 18.9. The summed E-state index contributed by atoms with van der Waals surface area (Å²) in [5.74, 6) is 0.558. The van der Waals surface area contributed by atoms with Gasteiger partial charge in [0.05, 0.1) is 0 Å². The molecular formula is C12H25NO. The van der Waals surface area contributed by atoms with Gasteiger partial charge in [0.15, 0.2) is 0 Å². The fraction of sp³-hybridized carbons (Fsp3) is 0.917.